The zero-order valence-electron chi connectivity index (χ0n) is 11.1. The molecule has 0 fully saturated rings. The van der Waals surface area contributed by atoms with Gasteiger partial charge in [-0.2, -0.15) is 0 Å². The third kappa shape index (κ3) is 3.47. The summed E-state index contributed by atoms with van der Waals surface area (Å²) in [5.74, 6) is -0.930. The normalized spacial score (nSPS) is 14.4. The molecule has 0 aliphatic carbocycles. The smallest absolute Gasteiger partial charge is 0.336 e. The van der Waals surface area contributed by atoms with Crippen LogP contribution in [0.15, 0.2) is 24.3 Å². The zero-order valence-corrected chi connectivity index (χ0v) is 11.1. The van der Waals surface area contributed by atoms with E-state index < -0.39 is 11.6 Å². The number of anilines is 1. The number of hydrogen-bond acceptors (Lipinski definition) is 3. The Morgan fingerprint density at radius 3 is 2.61 bits per heavy atom. The fourth-order valence-corrected chi connectivity index (χ4v) is 2.01. The summed E-state index contributed by atoms with van der Waals surface area (Å²) in [5.41, 5.74) is 6.04. The molecule has 4 nitrogen and oxygen atoms in total. The van der Waals surface area contributed by atoms with Crippen molar-refractivity contribution in [1.29, 1.82) is 0 Å². The molecule has 0 bridgehead atoms. The van der Waals surface area contributed by atoms with Crippen molar-refractivity contribution in [3.8, 4) is 0 Å². The maximum absolute atomic E-state index is 11.5. The Balaban J connectivity index is 3.00. The Morgan fingerprint density at radius 1 is 1.50 bits per heavy atom. The largest absolute Gasteiger partial charge is 0.479 e. The summed E-state index contributed by atoms with van der Waals surface area (Å²) in [6.07, 6.45) is 0.597. The number of carbonyl (C=O) groups is 1. The standard InChI is InChI=1S/C14H21NO3/c1-4-14(13(16)17,18-10(2)3)9-11-6-5-7-12(15)8-11/h5-8,10H,4,9,15H2,1-3H3,(H,16,17). The molecule has 4 heteroatoms. The van der Waals surface area contributed by atoms with Crippen molar-refractivity contribution < 1.29 is 14.6 Å². The number of ether oxygens (including phenoxy) is 1. The van der Waals surface area contributed by atoms with Gasteiger partial charge in [0.1, 0.15) is 0 Å². The van der Waals surface area contributed by atoms with Gasteiger partial charge in [0.05, 0.1) is 6.10 Å². The molecule has 18 heavy (non-hydrogen) atoms. The molecule has 0 saturated heterocycles. The average Bonchev–Trinajstić information content (AvgIpc) is 2.27. The Morgan fingerprint density at radius 2 is 2.17 bits per heavy atom. The molecule has 1 rings (SSSR count). The summed E-state index contributed by atoms with van der Waals surface area (Å²) in [6.45, 7) is 5.50. The first-order valence-corrected chi connectivity index (χ1v) is 6.15. The van der Waals surface area contributed by atoms with Crippen molar-refractivity contribution in [2.24, 2.45) is 0 Å². The van der Waals surface area contributed by atoms with E-state index >= 15 is 0 Å². The molecular weight excluding hydrogens is 230 g/mol. The summed E-state index contributed by atoms with van der Waals surface area (Å²) < 4.78 is 5.65. The van der Waals surface area contributed by atoms with E-state index in [1.54, 1.807) is 12.1 Å². The Labute approximate surface area is 108 Å². The van der Waals surface area contributed by atoms with Crippen LogP contribution < -0.4 is 5.73 Å². The fraction of sp³-hybridized carbons (Fsp3) is 0.500. The first-order chi connectivity index (χ1) is 8.39. The van der Waals surface area contributed by atoms with Crippen LogP contribution in [0.5, 0.6) is 0 Å². The molecule has 0 aliphatic rings. The van der Waals surface area contributed by atoms with Crippen LogP contribution in [0, 0.1) is 0 Å². The predicted molar refractivity (Wildman–Crippen MR) is 71.4 cm³/mol. The Kier molecular flexibility index (Phi) is 4.73. The van der Waals surface area contributed by atoms with Gasteiger partial charge in [0, 0.05) is 12.1 Å². The van der Waals surface area contributed by atoms with Crippen LogP contribution in [0.2, 0.25) is 0 Å². The van der Waals surface area contributed by atoms with Gasteiger partial charge in [0.25, 0.3) is 0 Å². The molecule has 0 heterocycles. The highest BCUT2D eigenvalue weighted by Gasteiger charge is 2.38. The lowest BCUT2D eigenvalue weighted by Crippen LogP contribution is -2.45. The quantitative estimate of drug-likeness (QED) is 0.762. The van der Waals surface area contributed by atoms with Crippen molar-refractivity contribution in [2.75, 3.05) is 5.73 Å². The van der Waals surface area contributed by atoms with E-state index in [4.69, 9.17) is 10.5 Å². The van der Waals surface area contributed by atoms with Crippen molar-refractivity contribution in [3.63, 3.8) is 0 Å². The summed E-state index contributed by atoms with van der Waals surface area (Å²) >= 11 is 0. The van der Waals surface area contributed by atoms with Crippen LogP contribution in [0.1, 0.15) is 32.8 Å². The van der Waals surface area contributed by atoms with Gasteiger partial charge < -0.3 is 15.6 Å². The lowest BCUT2D eigenvalue weighted by molar-refractivity contribution is -0.172. The first kappa shape index (κ1) is 14.5. The van der Waals surface area contributed by atoms with E-state index in [1.165, 1.54) is 0 Å². The number of benzene rings is 1. The number of rotatable bonds is 6. The van der Waals surface area contributed by atoms with E-state index in [0.717, 1.165) is 5.56 Å². The SMILES string of the molecule is CCC(Cc1cccc(N)c1)(OC(C)C)C(=O)O. The average molecular weight is 251 g/mol. The molecule has 0 radical (unpaired) electrons. The summed E-state index contributed by atoms with van der Waals surface area (Å²) in [7, 11) is 0. The van der Waals surface area contributed by atoms with Crippen molar-refractivity contribution >= 4 is 11.7 Å². The molecule has 0 amide bonds. The van der Waals surface area contributed by atoms with Gasteiger partial charge in [-0.1, -0.05) is 19.1 Å². The second-order valence-corrected chi connectivity index (χ2v) is 4.74. The second-order valence-electron chi connectivity index (χ2n) is 4.74. The number of aliphatic carboxylic acids is 1. The van der Waals surface area contributed by atoms with Gasteiger partial charge in [-0.05, 0) is 38.0 Å². The maximum Gasteiger partial charge on any atom is 0.336 e. The molecule has 1 aromatic carbocycles. The minimum absolute atomic E-state index is 0.137. The number of carboxylic acids is 1. The molecule has 1 aromatic rings. The Hall–Kier alpha value is -1.55. The van der Waals surface area contributed by atoms with Gasteiger partial charge in [-0.25, -0.2) is 4.79 Å². The van der Waals surface area contributed by atoms with Crippen molar-refractivity contribution in [2.45, 2.75) is 45.3 Å². The number of hydrogen-bond donors (Lipinski definition) is 2. The van der Waals surface area contributed by atoms with E-state index in [9.17, 15) is 9.90 Å². The van der Waals surface area contributed by atoms with Crippen LogP contribution in [0.4, 0.5) is 5.69 Å². The highest BCUT2D eigenvalue weighted by Crippen LogP contribution is 2.25. The molecule has 0 spiro atoms. The fourth-order valence-electron chi connectivity index (χ4n) is 2.01. The summed E-state index contributed by atoms with van der Waals surface area (Å²) in [4.78, 5) is 11.5. The van der Waals surface area contributed by atoms with Gasteiger partial charge in [0.2, 0.25) is 0 Å². The molecule has 0 aliphatic heterocycles. The van der Waals surface area contributed by atoms with Gasteiger partial charge in [0.15, 0.2) is 5.60 Å². The molecule has 0 aromatic heterocycles. The lowest BCUT2D eigenvalue weighted by Gasteiger charge is -2.30. The molecule has 1 unspecified atom stereocenters. The number of nitrogens with two attached hydrogens (primary N) is 1. The topological polar surface area (TPSA) is 72.5 Å². The van der Waals surface area contributed by atoms with E-state index in [2.05, 4.69) is 0 Å². The number of nitrogen functional groups attached to an aromatic ring is 1. The van der Waals surface area contributed by atoms with E-state index in [1.807, 2.05) is 32.9 Å². The van der Waals surface area contributed by atoms with Gasteiger partial charge in [-0.15, -0.1) is 0 Å². The minimum Gasteiger partial charge on any atom is -0.479 e. The maximum atomic E-state index is 11.5. The zero-order chi connectivity index (χ0) is 13.8. The van der Waals surface area contributed by atoms with Crippen LogP contribution >= 0.6 is 0 Å². The van der Waals surface area contributed by atoms with Crippen molar-refractivity contribution in [1.82, 2.24) is 0 Å². The molecular formula is C14H21NO3. The summed E-state index contributed by atoms with van der Waals surface area (Å²) in [6, 6.07) is 7.26. The third-order valence-corrected chi connectivity index (χ3v) is 2.86. The second kappa shape index (κ2) is 5.87. The molecule has 3 N–H and O–H groups in total. The Bertz CT molecular complexity index is 417. The monoisotopic (exact) mass is 251 g/mol. The van der Waals surface area contributed by atoms with Crippen LogP contribution in [-0.2, 0) is 16.0 Å². The molecule has 100 valence electrons. The third-order valence-electron chi connectivity index (χ3n) is 2.86. The van der Waals surface area contributed by atoms with Crippen LogP contribution in [-0.4, -0.2) is 22.8 Å². The van der Waals surface area contributed by atoms with E-state index in [-0.39, 0.29) is 6.10 Å². The van der Waals surface area contributed by atoms with Crippen molar-refractivity contribution in [3.05, 3.63) is 29.8 Å². The van der Waals surface area contributed by atoms with Gasteiger partial charge >= 0.3 is 5.97 Å². The first-order valence-electron chi connectivity index (χ1n) is 6.15. The molecule has 0 saturated carbocycles. The summed E-state index contributed by atoms with van der Waals surface area (Å²) in [5, 5.41) is 9.45. The van der Waals surface area contributed by atoms with Crippen LogP contribution in [0.25, 0.3) is 0 Å². The number of carboxylic acid groups (broad SMARTS) is 1. The van der Waals surface area contributed by atoms with Gasteiger partial charge in [-0.3, -0.25) is 0 Å². The van der Waals surface area contributed by atoms with Crippen LogP contribution in [0.3, 0.4) is 0 Å². The van der Waals surface area contributed by atoms with E-state index in [0.29, 0.717) is 18.5 Å². The molecule has 1 atom stereocenters. The predicted octanol–water partition coefficient (Wildman–Crippen LogP) is 2.47. The minimum atomic E-state index is -1.18. The highest BCUT2D eigenvalue weighted by atomic mass is 16.5. The highest BCUT2D eigenvalue weighted by molar-refractivity contribution is 5.78. The lowest BCUT2D eigenvalue weighted by atomic mass is 9.91.